The maximum atomic E-state index is 12.1. The van der Waals surface area contributed by atoms with E-state index in [1.165, 1.54) is 11.3 Å². The minimum Gasteiger partial charge on any atom is -0.340 e. The van der Waals surface area contributed by atoms with Gasteiger partial charge in [0.15, 0.2) is 0 Å². The average molecular weight is 283 g/mol. The van der Waals surface area contributed by atoms with Crippen LogP contribution in [0.5, 0.6) is 0 Å². The summed E-state index contributed by atoms with van der Waals surface area (Å²) < 4.78 is 1.69. The number of carbonyl (C=O) groups excluding carboxylic acids is 1. The molecular formula is C13H21N3O2S. The van der Waals surface area contributed by atoms with Gasteiger partial charge in [0.25, 0.3) is 0 Å². The monoisotopic (exact) mass is 283 g/mol. The molecule has 0 aliphatic carbocycles. The fourth-order valence-electron chi connectivity index (χ4n) is 2.35. The van der Waals surface area contributed by atoms with E-state index in [1.807, 2.05) is 17.2 Å². The second-order valence-corrected chi connectivity index (χ2v) is 5.68. The van der Waals surface area contributed by atoms with Crippen LogP contribution in [-0.4, -0.2) is 53.0 Å². The van der Waals surface area contributed by atoms with Crippen LogP contribution in [0.3, 0.4) is 0 Å². The lowest BCUT2D eigenvalue weighted by atomic mass is 10.2. The van der Waals surface area contributed by atoms with E-state index in [-0.39, 0.29) is 10.8 Å². The standard InChI is InChI=1S/C13H21N3O2S/c1-3-14-6-8-15(9-7-14)12(17)4-5-16-11(2)10-19-13(16)18/h10H,3-9H2,1-2H3. The summed E-state index contributed by atoms with van der Waals surface area (Å²) in [6, 6.07) is 0. The minimum absolute atomic E-state index is 0.0288. The Bertz CT molecular complexity index is 486. The van der Waals surface area contributed by atoms with Crippen LogP contribution in [0.15, 0.2) is 10.2 Å². The van der Waals surface area contributed by atoms with Gasteiger partial charge in [0, 0.05) is 50.2 Å². The van der Waals surface area contributed by atoms with Crippen LogP contribution in [0.2, 0.25) is 0 Å². The van der Waals surface area contributed by atoms with Gasteiger partial charge in [0.05, 0.1) is 0 Å². The van der Waals surface area contributed by atoms with Gasteiger partial charge in [-0.3, -0.25) is 9.59 Å². The van der Waals surface area contributed by atoms with Gasteiger partial charge in [0.2, 0.25) is 5.91 Å². The van der Waals surface area contributed by atoms with E-state index in [4.69, 9.17) is 0 Å². The summed E-state index contributed by atoms with van der Waals surface area (Å²) in [5.74, 6) is 0.160. The molecule has 2 rings (SSSR count). The maximum absolute atomic E-state index is 12.1. The van der Waals surface area contributed by atoms with Crippen LogP contribution in [-0.2, 0) is 11.3 Å². The van der Waals surface area contributed by atoms with Crippen molar-refractivity contribution in [2.45, 2.75) is 26.8 Å². The van der Waals surface area contributed by atoms with Crippen molar-refractivity contribution in [1.82, 2.24) is 14.4 Å². The van der Waals surface area contributed by atoms with Crippen LogP contribution < -0.4 is 4.87 Å². The van der Waals surface area contributed by atoms with Gasteiger partial charge in [-0.25, -0.2) is 0 Å². The van der Waals surface area contributed by atoms with E-state index in [9.17, 15) is 9.59 Å². The van der Waals surface area contributed by atoms with E-state index < -0.39 is 0 Å². The Morgan fingerprint density at radius 3 is 2.53 bits per heavy atom. The molecule has 1 fully saturated rings. The molecule has 1 aromatic rings. The molecule has 0 unspecified atom stereocenters. The average Bonchev–Trinajstić information content (AvgIpc) is 2.75. The first kappa shape index (κ1) is 14.3. The molecule has 1 saturated heterocycles. The van der Waals surface area contributed by atoms with Gasteiger partial charge in [-0.1, -0.05) is 18.3 Å². The Labute approximate surface area is 117 Å². The number of amides is 1. The molecular weight excluding hydrogens is 262 g/mol. The Kier molecular flexibility index (Phi) is 4.76. The first-order valence-corrected chi connectivity index (χ1v) is 7.65. The molecule has 2 heterocycles. The van der Waals surface area contributed by atoms with Gasteiger partial charge in [-0.15, -0.1) is 0 Å². The normalized spacial score (nSPS) is 16.8. The third-order valence-corrected chi connectivity index (χ3v) is 4.58. The van der Waals surface area contributed by atoms with Gasteiger partial charge in [0.1, 0.15) is 0 Å². The molecule has 19 heavy (non-hydrogen) atoms. The summed E-state index contributed by atoms with van der Waals surface area (Å²) in [6.45, 7) is 9.13. The molecule has 1 amide bonds. The fourth-order valence-corrected chi connectivity index (χ4v) is 3.11. The number of likely N-dealkylation sites (N-methyl/N-ethyl adjacent to an activating group) is 1. The van der Waals surface area contributed by atoms with E-state index in [1.54, 1.807) is 4.57 Å². The molecule has 0 bridgehead atoms. The highest BCUT2D eigenvalue weighted by molar-refractivity contribution is 7.07. The maximum Gasteiger partial charge on any atom is 0.307 e. The molecule has 0 radical (unpaired) electrons. The van der Waals surface area contributed by atoms with Crippen LogP contribution in [0.25, 0.3) is 0 Å². The Morgan fingerprint density at radius 2 is 2.00 bits per heavy atom. The highest BCUT2D eigenvalue weighted by Gasteiger charge is 2.20. The zero-order valence-corrected chi connectivity index (χ0v) is 12.4. The lowest BCUT2D eigenvalue weighted by Gasteiger charge is -2.34. The highest BCUT2D eigenvalue weighted by atomic mass is 32.1. The number of rotatable bonds is 4. The molecule has 1 aliphatic rings. The predicted octanol–water partition coefficient (Wildman–Crippen LogP) is 0.772. The summed E-state index contributed by atoms with van der Waals surface area (Å²) in [7, 11) is 0. The lowest BCUT2D eigenvalue weighted by molar-refractivity contribution is -0.133. The first-order chi connectivity index (χ1) is 9.11. The van der Waals surface area contributed by atoms with Gasteiger partial charge < -0.3 is 14.4 Å². The summed E-state index contributed by atoms with van der Waals surface area (Å²) in [5.41, 5.74) is 0.943. The molecule has 0 spiro atoms. The van der Waals surface area contributed by atoms with Crippen LogP contribution in [0, 0.1) is 6.92 Å². The van der Waals surface area contributed by atoms with E-state index in [0.717, 1.165) is 38.4 Å². The van der Waals surface area contributed by atoms with Gasteiger partial charge in [-0.2, -0.15) is 0 Å². The van der Waals surface area contributed by atoms with Crippen molar-refractivity contribution in [2.75, 3.05) is 32.7 Å². The van der Waals surface area contributed by atoms with Crippen molar-refractivity contribution in [3.05, 3.63) is 20.7 Å². The van der Waals surface area contributed by atoms with E-state index in [0.29, 0.717) is 13.0 Å². The summed E-state index contributed by atoms with van der Waals surface area (Å²) in [4.78, 5) is 28.0. The van der Waals surface area contributed by atoms with Crippen LogP contribution >= 0.6 is 11.3 Å². The number of hydrogen-bond acceptors (Lipinski definition) is 4. The molecule has 0 saturated carbocycles. The van der Waals surface area contributed by atoms with E-state index in [2.05, 4.69) is 11.8 Å². The smallest absolute Gasteiger partial charge is 0.307 e. The van der Waals surface area contributed by atoms with Crippen molar-refractivity contribution < 1.29 is 4.79 Å². The number of thiazole rings is 1. The summed E-state index contributed by atoms with van der Waals surface area (Å²) in [6.07, 6.45) is 0.420. The third-order valence-electron chi connectivity index (χ3n) is 3.70. The first-order valence-electron chi connectivity index (χ1n) is 6.77. The number of piperazine rings is 1. The predicted molar refractivity (Wildman–Crippen MR) is 76.6 cm³/mol. The molecule has 106 valence electrons. The third kappa shape index (κ3) is 3.45. The largest absolute Gasteiger partial charge is 0.340 e. The topological polar surface area (TPSA) is 45.5 Å². The van der Waals surface area contributed by atoms with Crippen molar-refractivity contribution in [3.63, 3.8) is 0 Å². The van der Waals surface area contributed by atoms with E-state index >= 15 is 0 Å². The number of hydrogen-bond donors (Lipinski definition) is 0. The van der Waals surface area contributed by atoms with Gasteiger partial charge in [-0.05, 0) is 13.5 Å². The molecule has 0 N–H and O–H groups in total. The second-order valence-electron chi connectivity index (χ2n) is 4.86. The molecule has 6 heteroatoms. The number of aryl methyl sites for hydroxylation is 1. The van der Waals surface area contributed by atoms with Crippen molar-refractivity contribution >= 4 is 17.2 Å². The van der Waals surface area contributed by atoms with Crippen molar-refractivity contribution in [3.8, 4) is 0 Å². The zero-order chi connectivity index (χ0) is 13.8. The summed E-state index contributed by atoms with van der Waals surface area (Å²) in [5, 5.41) is 1.84. The van der Waals surface area contributed by atoms with Crippen molar-refractivity contribution in [2.24, 2.45) is 0 Å². The Hall–Kier alpha value is -1.14. The molecule has 0 aromatic carbocycles. The Morgan fingerprint density at radius 1 is 1.32 bits per heavy atom. The fraction of sp³-hybridized carbons (Fsp3) is 0.692. The lowest BCUT2D eigenvalue weighted by Crippen LogP contribution is -2.48. The van der Waals surface area contributed by atoms with Crippen LogP contribution in [0.4, 0.5) is 0 Å². The number of aromatic nitrogens is 1. The Balaban J connectivity index is 1.84. The minimum atomic E-state index is 0.0288. The number of nitrogens with zero attached hydrogens (tertiary/aromatic N) is 3. The molecule has 5 nitrogen and oxygen atoms in total. The molecule has 1 aromatic heterocycles. The van der Waals surface area contributed by atoms with Crippen LogP contribution in [0.1, 0.15) is 19.0 Å². The van der Waals surface area contributed by atoms with Gasteiger partial charge >= 0.3 is 4.87 Å². The zero-order valence-electron chi connectivity index (χ0n) is 11.6. The molecule has 0 atom stereocenters. The number of carbonyl (C=O) groups is 1. The quantitative estimate of drug-likeness (QED) is 0.820. The molecule has 1 aliphatic heterocycles. The van der Waals surface area contributed by atoms with Crippen molar-refractivity contribution in [1.29, 1.82) is 0 Å². The summed E-state index contributed by atoms with van der Waals surface area (Å²) >= 11 is 1.20. The second kappa shape index (κ2) is 6.34. The highest BCUT2D eigenvalue weighted by Crippen LogP contribution is 2.06. The SMILES string of the molecule is CCN1CCN(C(=O)CCn2c(C)csc2=O)CC1.